The lowest BCUT2D eigenvalue weighted by atomic mass is 10.2. The molecule has 0 aromatic carbocycles. The van der Waals surface area contributed by atoms with Gasteiger partial charge in [0.1, 0.15) is 12.1 Å². The van der Waals surface area contributed by atoms with Crippen LogP contribution < -0.4 is 0 Å². The van der Waals surface area contributed by atoms with E-state index in [1.54, 1.807) is 0 Å². The van der Waals surface area contributed by atoms with E-state index >= 15 is 0 Å². The Kier molecular flexibility index (Phi) is 2.26. The number of hydrogen-bond acceptors (Lipinski definition) is 3. The van der Waals surface area contributed by atoms with Crippen molar-refractivity contribution in [1.29, 1.82) is 0 Å². The zero-order chi connectivity index (χ0) is 9.97. The third-order valence-electron chi connectivity index (χ3n) is 2.18. The molecule has 0 amide bonds. The van der Waals surface area contributed by atoms with Gasteiger partial charge in [0, 0.05) is 18.5 Å². The van der Waals surface area contributed by atoms with Gasteiger partial charge in [-0.05, 0) is 12.1 Å². The van der Waals surface area contributed by atoms with Gasteiger partial charge in [0.15, 0.2) is 5.65 Å². The third-order valence-corrected chi connectivity index (χ3v) is 2.18. The smallest absolute Gasteiger partial charge is 0.160 e. The Morgan fingerprint density at radius 2 is 2.29 bits per heavy atom. The first-order chi connectivity index (χ1) is 6.86. The average molecular weight is 189 g/mol. The number of hydrogen-bond donors (Lipinski definition) is 0. The maximum Gasteiger partial charge on any atom is 0.160 e. The van der Waals surface area contributed by atoms with E-state index in [0.717, 1.165) is 29.9 Å². The van der Waals surface area contributed by atoms with Gasteiger partial charge < -0.3 is 4.79 Å². The zero-order valence-electron chi connectivity index (χ0n) is 7.97. The van der Waals surface area contributed by atoms with Crippen LogP contribution >= 0.6 is 0 Å². The molecule has 0 aliphatic heterocycles. The first-order valence-electron chi connectivity index (χ1n) is 4.62. The lowest BCUT2D eigenvalue weighted by Gasteiger charge is -2.02. The quantitative estimate of drug-likeness (QED) is 0.677. The van der Waals surface area contributed by atoms with Gasteiger partial charge in [-0.1, -0.05) is 13.0 Å². The highest BCUT2D eigenvalue weighted by atomic mass is 16.1. The minimum atomic E-state index is 0.405. The summed E-state index contributed by atoms with van der Waals surface area (Å²) in [7, 11) is 0. The van der Waals surface area contributed by atoms with E-state index in [1.165, 1.54) is 0 Å². The molecule has 14 heavy (non-hydrogen) atoms. The molecule has 0 fully saturated rings. The fraction of sp³-hybridized carbons (Fsp3) is 0.300. The topological polar surface area (TPSA) is 47.3 Å². The number of carbonyl (C=O) groups excluding carboxylic acids is 1. The molecule has 0 radical (unpaired) electrons. The van der Waals surface area contributed by atoms with Crippen molar-refractivity contribution in [2.45, 2.75) is 19.8 Å². The summed E-state index contributed by atoms with van der Waals surface area (Å²) in [4.78, 5) is 10.5. The molecule has 0 saturated carbocycles. The van der Waals surface area contributed by atoms with Gasteiger partial charge >= 0.3 is 0 Å². The van der Waals surface area contributed by atoms with E-state index in [0.29, 0.717) is 6.42 Å². The average Bonchev–Trinajstić information content (AvgIpc) is 2.62. The summed E-state index contributed by atoms with van der Waals surface area (Å²) in [6, 6.07) is 5.70. The van der Waals surface area contributed by atoms with Gasteiger partial charge in [0.25, 0.3) is 0 Å². The highest BCUT2D eigenvalue weighted by molar-refractivity contribution is 5.55. The summed E-state index contributed by atoms with van der Waals surface area (Å²) in [5.41, 5.74) is 1.75. The number of aryl methyl sites for hydroxylation is 1. The Hall–Kier alpha value is -1.71. The Bertz CT molecular complexity index is 461. The van der Waals surface area contributed by atoms with Crippen LogP contribution in [0.2, 0.25) is 0 Å². The van der Waals surface area contributed by atoms with E-state index < -0.39 is 0 Å². The third kappa shape index (κ3) is 1.28. The highest BCUT2D eigenvalue weighted by Gasteiger charge is 2.06. The van der Waals surface area contributed by atoms with E-state index in [4.69, 9.17) is 0 Å². The molecular weight excluding hydrogens is 178 g/mol. The number of aromatic nitrogens is 3. The molecule has 2 aromatic rings. The van der Waals surface area contributed by atoms with Crippen LogP contribution in [0.5, 0.6) is 0 Å². The van der Waals surface area contributed by atoms with Gasteiger partial charge in [-0.25, -0.2) is 0 Å². The van der Waals surface area contributed by atoms with Crippen molar-refractivity contribution in [3.63, 3.8) is 0 Å². The number of pyridine rings is 1. The first kappa shape index (κ1) is 8.87. The monoisotopic (exact) mass is 189 g/mol. The normalized spacial score (nSPS) is 10.6. The standard InChI is InChI=1S/C10H11N3O/c1-2-9-11-12-10-5-3-4-8(6-7-14)13(9)10/h3-5,7H,2,6H2,1H3. The van der Waals surface area contributed by atoms with Gasteiger partial charge in [-0.2, -0.15) is 0 Å². The van der Waals surface area contributed by atoms with Crippen molar-refractivity contribution in [3.8, 4) is 0 Å². The van der Waals surface area contributed by atoms with Gasteiger partial charge in [0.05, 0.1) is 0 Å². The summed E-state index contributed by atoms with van der Waals surface area (Å²) < 4.78 is 1.94. The predicted octanol–water partition coefficient (Wildman–Crippen LogP) is 1.03. The van der Waals surface area contributed by atoms with Crippen LogP contribution in [0.3, 0.4) is 0 Å². The Labute approximate surface area is 81.6 Å². The van der Waals surface area contributed by atoms with Gasteiger partial charge in [-0.3, -0.25) is 4.40 Å². The van der Waals surface area contributed by atoms with Crippen LogP contribution in [0.25, 0.3) is 5.65 Å². The van der Waals surface area contributed by atoms with Gasteiger partial charge in [-0.15, -0.1) is 10.2 Å². The van der Waals surface area contributed by atoms with E-state index in [2.05, 4.69) is 10.2 Å². The Morgan fingerprint density at radius 3 is 3.00 bits per heavy atom. The van der Waals surface area contributed by atoms with E-state index in [-0.39, 0.29) is 0 Å². The molecule has 0 aliphatic carbocycles. The van der Waals surface area contributed by atoms with E-state index in [9.17, 15) is 4.79 Å². The molecule has 0 unspecified atom stereocenters. The van der Waals surface area contributed by atoms with Crippen LogP contribution in [0, 0.1) is 0 Å². The van der Waals surface area contributed by atoms with Crippen molar-refractivity contribution < 1.29 is 4.79 Å². The summed E-state index contributed by atoms with van der Waals surface area (Å²) in [5, 5.41) is 8.08. The van der Waals surface area contributed by atoms with Crippen molar-refractivity contribution in [2.75, 3.05) is 0 Å². The fourth-order valence-electron chi connectivity index (χ4n) is 1.54. The number of fused-ring (bicyclic) bond motifs is 1. The minimum Gasteiger partial charge on any atom is -0.303 e. The van der Waals surface area contributed by atoms with E-state index in [1.807, 2.05) is 29.5 Å². The number of rotatable bonds is 3. The minimum absolute atomic E-state index is 0.405. The predicted molar refractivity (Wildman–Crippen MR) is 52.1 cm³/mol. The fourth-order valence-corrected chi connectivity index (χ4v) is 1.54. The molecular formula is C10H11N3O. The van der Waals surface area contributed by atoms with Crippen molar-refractivity contribution in [2.24, 2.45) is 0 Å². The molecule has 4 heteroatoms. The molecule has 2 rings (SSSR count). The lowest BCUT2D eigenvalue weighted by molar-refractivity contribution is -0.107. The molecule has 0 bridgehead atoms. The Balaban J connectivity index is 2.68. The molecule has 0 aliphatic rings. The molecule has 0 N–H and O–H groups in total. The highest BCUT2D eigenvalue weighted by Crippen LogP contribution is 2.08. The molecule has 2 heterocycles. The maximum atomic E-state index is 10.5. The van der Waals surface area contributed by atoms with Crippen molar-refractivity contribution >= 4 is 11.9 Å². The first-order valence-corrected chi connectivity index (χ1v) is 4.62. The second-order valence-corrected chi connectivity index (χ2v) is 3.05. The van der Waals surface area contributed by atoms with Crippen LogP contribution in [0.15, 0.2) is 18.2 Å². The van der Waals surface area contributed by atoms with Crippen molar-refractivity contribution in [3.05, 3.63) is 29.7 Å². The number of aldehydes is 1. The second kappa shape index (κ2) is 3.57. The molecule has 0 atom stereocenters. The largest absolute Gasteiger partial charge is 0.303 e. The second-order valence-electron chi connectivity index (χ2n) is 3.05. The summed E-state index contributed by atoms with van der Waals surface area (Å²) in [6.45, 7) is 2.02. The summed E-state index contributed by atoms with van der Waals surface area (Å²) in [6.07, 6.45) is 2.12. The molecule has 72 valence electrons. The summed E-state index contributed by atoms with van der Waals surface area (Å²) >= 11 is 0. The molecule has 0 saturated heterocycles. The van der Waals surface area contributed by atoms with Gasteiger partial charge in [0.2, 0.25) is 0 Å². The molecule has 0 spiro atoms. The number of nitrogens with zero attached hydrogens (tertiary/aromatic N) is 3. The van der Waals surface area contributed by atoms with Crippen LogP contribution in [0.4, 0.5) is 0 Å². The maximum absolute atomic E-state index is 10.5. The molecule has 4 nitrogen and oxygen atoms in total. The number of carbonyl (C=O) groups is 1. The van der Waals surface area contributed by atoms with Crippen LogP contribution in [0.1, 0.15) is 18.4 Å². The van der Waals surface area contributed by atoms with Crippen molar-refractivity contribution in [1.82, 2.24) is 14.6 Å². The SMILES string of the molecule is CCc1nnc2cccc(CC=O)n12. The zero-order valence-corrected chi connectivity index (χ0v) is 7.97. The molecule has 2 aromatic heterocycles. The lowest BCUT2D eigenvalue weighted by Crippen LogP contribution is -2.01. The van der Waals surface area contributed by atoms with Crippen LogP contribution in [-0.4, -0.2) is 20.9 Å². The summed E-state index contributed by atoms with van der Waals surface area (Å²) in [5.74, 6) is 0.900. The Morgan fingerprint density at radius 1 is 1.43 bits per heavy atom. The van der Waals surface area contributed by atoms with Crippen LogP contribution in [-0.2, 0) is 17.6 Å².